The molecule has 0 spiro atoms. The van der Waals surface area contributed by atoms with Gasteiger partial charge in [-0.25, -0.2) is 9.78 Å². The fourth-order valence-corrected chi connectivity index (χ4v) is 2.22. The van der Waals surface area contributed by atoms with Crippen LogP contribution >= 0.6 is 0 Å². The van der Waals surface area contributed by atoms with E-state index < -0.39 is 12.0 Å². The smallest absolute Gasteiger partial charge is 0.326 e. The number of carbonyl (C=O) groups excluding carboxylic acids is 1. The summed E-state index contributed by atoms with van der Waals surface area (Å²) in [6.45, 7) is 3.65. The third-order valence-corrected chi connectivity index (χ3v) is 3.29. The summed E-state index contributed by atoms with van der Waals surface area (Å²) in [5.74, 6) is -1.46. The van der Waals surface area contributed by atoms with E-state index in [9.17, 15) is 14.7 Å². The molecule has 1 atom stereocenters. The average Bonchev–Trinajstić information content (AvgIpc) is 2.90. The van der Waals surface area contributed by atoms with Crippen LogP contribution in [-0.4, -0.2) is 33.0 Å². The minimum absolute atomic E-state index is 0.159. The highest BCUT2D eigenvalue weighted by molar-refractivity contribution is 5.99. The van der Waals surface area contributed by atoms with Gasteiger partial charge in [-0.2, -0.15) is 0 Å². The van der Waals surface area contributed by atoms with E-state index in [4.69, 9.17) is 0 Å². The Morgan fingerprint density at radius 3 is 2.52 bits per heavy atom. The number of aliphatic carboxylic acids is 1. The molecule has 21 heavy (non-hydrogen) atoms. The molecule has 0 radical (unpaired) electrons. The van der Waals surface area contributed by atoms with Crippen LogP contribution in [0.1, 0.15) is 27.2 Å². The van der Waals surface area contributed by atoms with Crippen LogP contribution in [-0.2, 0) is 11.2 Å². The molecule has 0 fully saturated rings. The van der Waals surface area contributed by atoms with Crippen LogP contribution in [0.5, 0.6) is 0 Å². The van der Waals surface area contributed by atoms with Gasteiger partial charge in [-0.3, -0.25) is 4.79 Å². The zero-order chi connectivity index (χ0) is 15.4. The van der Waals surface area contributed by atoms with E-state index in [0.29, 0.717) is 11.3 Å². The summed E-state index contributed by atoms with van der Waals surface area (Å²) in [5, 5.41) is 11.8. The molecule has 0 saturated carbocycles. The molecule has 1 aromatic carbocycles. The highest BCUT2D eigenvalue weighted by Crippen LogP contribution is 2.13. The first-order chi connectivity index (χ1) is 9.99. The molecular weight excluding hydrogens is 270 g/mol. The van der Waals surface area contributed by atoms with Crippen LogP contribution in [0.15, 0.2) is 30.7 Å². The van der Waals surface area contributed by atoms with Gasteiger partial charge in [0.1, 0.15) is 6.04 Å². The lowest BCUT2D eigenvalue weighted by Gasteiger charge is -2.16. The minimum atomic E-state index is -1.08. The summed E-state index contributed by atoms with van der Waals surface area (Å²) < 4.78 is 0. The van der Waals surface area contributed by atoms with Crippen molar-refractivity contribution in [2.75, 3.05) is 0 Å². The molecule has 3 N–H and O–H groups in total. The SMILES string of the molecule is Cc1cccc(C)c1C(=O)N[C@H](Cc1cnc[nH]1)C(=O)O. The van der Waals surface area contributed by atoms with Crippen molar-refractivity contribution < 1.29 is 14.7 Å². The maximum atomic E-state index is 12.3. The third-order valence-electron chi connectivity index (χ3n) is 3.29. The van der Waals surface area contributed by atoms with E-state index in [-0.39, 0.29) is 12.3 Å². The van der Waals surface area contributed by atoms with Gasteiger partial charge in [0.25, 0.3) is 5.91 Å². The number of hydrogen-bond acceptors (Lipinski definition) is 3. The van der Waals surface area contributed by atoms with Crippen molar-refractivity contribution >= 4 is 11.9 Å². The quantitative estimate of drug-likeness (QED) is 0.775. The number of carbonyl (C=O) groups is 2. The molecule has 2 rings (SSSR count). The van der Waals surface area contributed by atoms with Crippen molar-refractivity contribution in [3.63, 3.8) is 0 Å². The van der Waals surface area contributed by atoms with Crippen molar-refractivity contribution in [2.24, 2.45) is 0 Å². The van der Waals surface area contributed by atoms with Crippen LogP contribution in [0, 0.1) is 13.8 Å². The molecule has 0 bridgehead atoms. The number of carboxylic acids is 1. The topological polar surface area (TPSA) is 95.1 Å². The van der Waals surface area contributed by atoms with Gasteiger partial charge in [-0.1, -0.05) is 18.2 Å². The summed E-state index contributed by atoms with van der Waals surface area (Å²) >= 11 is 0. The summed E-state index contributed by atoms with van der Waals surface area (Å²) in [5.41, 5.74) is 2.81. The lowest BCUT2D eigenvalue weighted by molar-refractivity contribution is -0.139. The number of aromatic amines is 1. The first kappa shape index (κ1) is 14.8. The maximum Gasteiger partial charge on any atom is 0.326 e. The number of imidazole rings is 1. The van der Waals surface area contributed by atoms with Gasteiger partial charge < -0.3 is 15.4 Å². The fourth-order valence-electron chi connectivity index (χ4n) is 2.22. The van der Waals surface area contributed by atoms with E-state index >= 15 is 0 Å². The number of H-pyrrole nitrogens is 1. The van der Waals surface area contributed by atoms with Gasteiger partial charge in [0.05, 0.1) is 6.33 Å². The lowest BCUT2D eigenvalue weighted by atomic mass is 10.0. The summed E-state index contributed by atoms with van der Waals surface area (Å²) in [6.07, 6.45) is 3.18. The Bertz CT molecular complexity index is 630. The molecule has 0 unspecified atom stereocenters. The highest BCUT2D eigenvalue weighted by Gasteiger charge is 2.23. The number of amides is 1. The van der Waals surface area contributed by atoms with E-state index in [2.05, 4.69) is 15.3 Å². The number of benzene rings is 1. The lowest BCUT2D eigenvalue weighted by Crippen LogP contribution is -2.42. The molecule has 0 aliphatic rings. The Hall–Kier alpha value is -2.63. The number of aryl methyl sites for hydroxylation is 2. The Balaban J connectivity index is 2.17. The van der Waals surface area contributed by atoms with Crippen LogP contribution in [0.3, 0.4) is 0 Å². The van der Waals surface area contributed by atoms with Crippen molar-refractivity contribution in [1.29, 1.82) is 0 Å². The molecule has 2 aromatic rings. The molecular formula is C15H17N3O3. The van der Waals surface area contributed by atoms with Crippen molar-refractivity contribution in [3.05, 3.63) is 53.1 Å². The Labute approximate surface area is 122 Å². The number of hydrogen-bond donors (Lipinski definition) is 3. The van der Waals surface area contributed by atoms with Crippen LogP contribution < -0.4 is 5.32 Å². The zero-order valence-corrected chi connectivity index (χ0v) is 11.9. The highest BCUT2D eigenvalue weighted by atomic mass is 16.4. The zero-order valence-electron chi connectivity index (χ0n) is 11.9. The van der Waals surface area contributed by atoms with Crippen LogP contribution in [0.4, 0.5) is 0 Å². The number of aromatic nitrogens is 2. The van der Waals surface area contributed by atoms with Crippen LogP contribution in [0.2, 0.25) is 0 Å². The molecule has 6 nitrogen and oxygen atoms in total. The van der Waals surface area contributed by atoms with Gasteiger partial charge in [-0.15, -0.1) is 0 Å². The van der Waals surface area contributed by atoms with Gasteiger partial charge in [-0.05, 0) is 25.0 Å². The third kappa shape index (κ3) is 3.47. The molecule has 1 aromatic heterocycles. The second-order valence-corrected chi connectivity index (χ2v) is 4.91. The standard InChI is InChI=1S/C15H17N3O3/c1-9-4-3-5-10(2)13(9)14(19)18-12(15(20)21)6-11-7-16-8-17-11/h3-5,7-8,12H,6H2,1-2H3,(H,16,17)(H,18,19)(H,20,21)/t12-/m1/s1. The first-order valence-corrected chi connectivity index (χ1v) is 6.56. The fraction of sp³-hybridized carbons (Fsp3) is 0.267. The number of nitrogens with zero attached hydrogens (tertiary/aromatic N) is 1. The van der Waals surface area contributed by atoms with E-state index in [0.717, 1.165) is 11.1 Å². The van der Waals surface area contributed by atoms with Crippen molar-refractivity contribution in [1.82, 2.24) is 15.3 Å². The maximum absolute atomic E-state index is 12.3. The Kier molecular flexibility index (Phi) is 4.37. The molecule has 1 heterocycles. The van der Waals surface area contributed by atoms with E-state index in [1.165, 1.54) is 6.33 Å². The molecule has 110 valence electrons. The number of nitrogens with one attached hydrogen (secondary N) is 2. The molecule has 6 heteroatoms. The number of rotatable bonds is 5. The van der Waals surface area contributed by atoms with Gasteiger partial charge in [0.15, 0.2) is 0 Å². The average molecular weight is 287 g/mol. The normalized spacial score (nSPS) is 11.9. The molecule has 0 aliphatic heterocycles. The largest absolute Gasteiger partial charge is 0.480 e. The Morgan fingerprint density at radius 1 is 1.33 bits per heavy atom. The molecule has 1 amide bonds. The Morgan fingerprint density at radius 2 is 2.00 bits per heavy atom. The van der Waals surface area contributed by atoms with Gasteiger partial charge in [0.2, 0.25) is 0 Å². The van der Waals surface area contributed by atoms with Crippen LogP contribution in [0.25, 0.3) is 0 Å². The summed E-state index contributed by atoms with van der Waals surface area (Å²) in [7, 11) is 0. The molecule has 0 aliphatic carbocycles. The predicted octanol–water partition coefficient (Wildman–Crippen LogP) is 1.45. The van der Waals surface area contributed by atoms with Crippen molar-refractivity contribution in [2.45, 2.75) is 26.3 Å². The summed E-state index contributed by atoms with van der Waals surface area (Å²) in [4.78, 5) is 30.3. The van der Waals surface area contributed by atoms with Gasteiger partial charge >= 0.3 is 5.97 Å². The second-order valence-electron chi connectivity index (χ2n) is 4.91. The first-order valence-electron chi connectivity index (χ1n) is 6.56. The van der Waals surface area contributed by atoms with Crippen molar-refractivity contribution in [3.8, 4) is 0 Å². The monoisotopic (exact) mass is 287 g/mol. The van der Waals surface area contributed by atoms with Gasteiger partial charge in [0, 0.05) is 23.9 Å². The van der Waals surface area contributed by atoms with E-state index in [1.807, 2.05) is 32.0 Å². The second kappa shape index (κ2) is 6.21. The van der Waals surface area contributed by atoms with E-state index in [1.54, 1.807) is 6.20 Å². The predicted molar refractivity (Wildman–Crippen MR) is 77.1 cm³/mol. The summed E-state index contributed by atoms with van der Waals surface area (Å²) in [6, 6.07) is 4.51. The minimum Gasteiger partial charge on any atom is -0.480 e. The molecule has 0 saturated heterocycles. The number of carboxylic acid groups (broad SMARTS) is 1.